The number of hydrogen-bond donors (Lipinski definition) is 3. The van der Waals surface area contributed by atoms with Crippen molar-refractivity contribution in [3.05, 3.63) is 0 Å². The van der Waals surface area contributed by atoms with Crippen LogP contribution in [0.3, 0.4) is 0 Å². The van der Waals surface area contributed by atoms with Crippen molar-refractivity contribution in [3.63, 3.8) is 0 Å². The van der Waals surface area contributed by atoms with E-state index in [4.69, 9.17) is 0 Å². The Balaban J connectivity index is 1.51. The van der Waals surface area contributed by atoms with Crippen LogP contribution in [0.5, 0.6) is 0 Å². The lowest BCUT2D eigenvalue weighted by atomic mass is 9.85. The standard InChI is InChI=1S/C25H34F3N5O4/c1-22(2,3)17(31-21(37)25(26,27)28)20(36)33-11-14-15(23(14,4)5)16(33)19(35)30-13(10-29)8-12-9-24(6-7-24)32-18(12)34/h12-17H,6-9,11H2,1-5H3,(H,30,35)(H,31,37)(H,32,34)/t12-,13+,14+,15+,16+,17-/m1/s1. The molecule has 3 N–H and O–H groups in total. The number of halogens is 3. The maximum Gasteiger partial charge on any atom is 0.471 e. The number of nitrogens with one attached hydrogen (secondary N) is 3. The third-order valence-corrected chi connectivity index (χ3v) is 8.65. The third-order valence-electron chi connectivity index (χ3n) is 8.65. The van der Waals surface area contributed by atoms with Crippen LogP contribution in [0.2, 0.25) is 0 Å². The molecule has 4 aliphatic rings. The van der Waals surface area contributed by atoms with Crippen molar-refractivity contribution in [2.45, 2.75) is 90.1 Å². The average molecular weight is 526 g/mol. The predicted molar refractivity (Wildman–Crippen MR) is 124 cm³/mol. The van der Waals surface area contributed by atoms with Crippen molar-refractivity contribution in [2.24, 2.45) is 28.6 Å². The first-order chi connectivity index (χ1) is 16.9. The van der Waals surface area contributed by atoms with Crippen LogP contribution < -0.4 is 16.0 Å². The van der Waals surface area contributed by atoms with E-state index in [1.165, 1.54) is 25.7 Å². The Morgan fingerprint density at radius 1 is 1.19 bits per heavy atom. The summed E-state index contributed by atoms with van der Waals surface area (Å²) in [6.45, 7) is 8.68. The number of alkyl halides is 3. The SMILES string of the molecule is CC(C)(C)[C@H](NC(=O)C(F)(F)F)C(=O)N1C[C@H]2[C@@H]([C@H]1C(=O)N[C@H](C#N)C[C@@H]1CC3(CC3)NC1=O)C2(C)C. The molecule has 2 saturated heterocycles. The third kappa shape index (κ3) is 5.01. The molecule has 2 aliphatic carbocycles. The van der Waals surface area contributed by atoms with E-state index in [-0.39, 0.29) is 41.7 Å². The smallest absolute Gasteiger partial charge is 0.350 e. The van der Waals surface area contributed by atoms with Gasteiger partial charge in [-0.1, -0.05) is 34.6 Å². The zero-order valence-corrected chi connectivity index (χ0v) is 21.7. The van der Waals surface area contributed by atoms with Gasteiger partial charge in [0.15, 0.2) is 0 Å². The van der Waals surface area contributed by atoms with Gasteiger partial charge in [0, 0.05) is 18.0 Å². The molecule has 0 unspecified atom stereocenters. The summed E-state index contributed by atoms with van der Waals surface area (Å²) in [7, 11) is 0. The molecule has 6 atom stereocenters. The number of hydrogen-bond acceptors (Lipinski definition) is 5. The Labute approximate surface area is 213 Å². The van der Waals surface area contributed by atoms with E-state index in [0.717, 1.165) is 12.8 Å². The second kappa shape index (κ2) is 8.60. The van der Waals surface area contributed by atoms with Crippen molar-refractivity contribution < 1.29 is 32.3 Å². The van der Waals surface area contributed by atoms with Gasteiger partial charge >= 0.3 is 12.1 Å². The van der Waals surface area contributed by atoms with E-state index < -0.39 is 53.4 Å². The number of amides is 4. The molecule has 0 aromatic rings. The lowest BCUT2D eigenvalue weighted by Crippen LogP contribution is -2.61. The summed E-state index contributed by atoms with van der Waals surface area (Å²) in [5.41, 5.74) is -1.50. The number of nitrogens with zero attached hydrogens (tertiary/aromatic N) is 2. The Hall–Kier alpha value is -2.84. The molecule has 0 radical (unpaired) electrons. The van der Waals surface area contributed by atoms with Crippen LogP contribution in [-0.2, 0) is 19.2 Å². The van der Waals surface area contributed by atoms with Gasteiger partial charge in [-0.2, -0.15) is 18.4 Å². The summed E-state index contributed by atoms with van der Waals surface area (Å²) in [5.74, 6) is -4.39. The van der Waals surface area contributed by atoms with E-state index in [2.05, 4.69) is 10.6 Å². The van der Waals surface area contributed by atoms with Crippen molar-refractivity contribution >= 4 is 23.6 Å². The van der Waals surface area contributed by atoms with Crippen LogP contribution in [0, 0.1) is 39.9 Å². The van der Waals surface area contributed by atoms with Crippen molar-refractivity contribution in [1.29, 1.82) is 5.26 Å². The molecule has 2 aliphatic heterocycles. The van der Waals surface area contributed by atoms with Gasteiger partial charge in [0.2, 0.25) is 17.7 Å². The minimum atomic E-state index is -5.17. The van der Waals surface area contributed by atoms with Crippen LogP contribution in [0.4, 0.5) is 13.2 Å². The van der Waals surface area contributed by atoms with Crippen LogP contribution in [0.1, 0.15) is 60.3 Å². The van der Waals surface area contributed by atoms with Crippen molar-refractivity contribution in [1.82, 2.24) is 20.9 Å². The van der Waals surface area contributed by atoms with Crippen molar-refractivity contribution in [2.75, 3.05) is 6.54 Å². The molecule has 12 heteroatoms. The molecule has 4 fully saturated rings. The molecule has 0 aromatic heterocycles. The number of nitriles is 1. The summed E-state index contributed by atoms with van der Waals surface area (Å²) in [5, 5.41) is 17.2. The number of fused-ring (bicyclic) bond motifs is 1. The van der Waals surface area contributed by atoms with E-state index in [1.807, 2.05) is 25.2 Å². The number of carbonyl (C=O) groups is 4. The zero-order chi connectivity index (χ0) is 27.7. The second-order valence-corrected chi connectivity index (χ2v) is 12.8. The number of carbonyl (C=O) groups excluding carboxylic acids is 4. The molecule has 4 rings (SSSR count). The molecule has 204 valence electrons. The lowest BCUT2D eigenvalue weighted by molar-refractivity contribution is -0.176. The highest BCUT2D eigenvalue weighted by molar-refractivity contribution is 5.95. The number of piperidine rings is 1. The van der Waals surface area contributed by atoms with Gasteiger partial charge in [0.1, 0.15) is 18.1 Å². The van der Waals surface area contributed by atoms with Crippen molar-refractivity contribution in [3.8, 4) is 6.07 Å². The lowest BCUT2D eigenvalue weighted by Gasteiger charge is -2.37. The van der Waals surface area contributed by atoms with Crippen LogP contribution >= 0.6 is 0 Å². The summed E-state index contributed by atoms with van der Waals surface area (Å²) in [6, 6.07) is -1.43. The quantitative estimate of drug-likeness (QED) is 0.485. The first-order valence-electron chi connectivity index (χ1n) is 12.6. The zero-order valence-electron chi connectivity index (χ0n) is 21.7. The van der Waals surface area contributed by atoms with E-state index >= 15 is 0 Å². The maximum absolute atomic E-state index is 13.5. The maximum atomic E-state index is 13.5. The van der Waals surface area contributed by atoms with Gasteiger partial charge in [-0.05, 0) is 48.3 Å². The summed E-state index contributed by atoms with van der Waals surface area (Å²) < 4.78 is 38.9. The average Bonchev–Trinajstić information content (AvgIpc) is 3.48. The molecule has 1 spiro atoms. The molecule has 9 nitrogen and oxygen atoms in total. The molecule has 37 heavy (non-hydrogen) atoms. The normalized spacial score (nSPS) is 30.6. The topological polar surface area (TPSA) is 131 Å². The highest BCUT2D eigenvalue weighted by Crippen LogP contribution is 2.65. The fraction of sp³-hybridized carbons (Fsp3) is 0.800. The minimum absolute atomic E-state index is 0.0398. The molecule has 0 bridgehead atoms. The Morgan fingerprint density at radius 3 is 2.30 bits per heavy atom. The highest BCUT2D eigenvalue weighted by Gasteiger charge is 2.70. The van der Waals surface area contributed by atoms with E-state index in [9.17, 15) is 37.6 Å². The summed E-state index contributed by atoms with van der Waals surface area (Å²) >= 11 is 0. The van der Waals surface area contributed by atoms with E-state index in [1.54, 1.807) is 0 Å². The number of rotatable bonds is 6. The van der Waals surface area contributed by atoms with Gasteiger partial charge in [0.25, 0.3) is 0 Å². The fourth-order valence-corrected chi connectivity index (χ4v) is 6.18. The van der Waals surface area contributed by atoms with Gasteiger partial charge in [-0.25, -0.2) is 0 Å². The Morgan fingerprint density at radius 2 is 1.81 bits per heavy atom. The monoisotopic (exact) mass is 525 g/mol. The summed E-state index contributed by atoms with van der Waals surface area (Å²) in [4.78, 5) is 52.3. The largest absolute Gasteiger partial charge is 0.471 e. The Bertz CT molecular complexity index is 1060. The molecule has 4 amide bonds. The van der Waals surface area contributed by atoms with Crippen LogP contribution in [-0.4, -0.2) is 64.9 Å². The van der Waals surface area contributed by atoms with E-state index in [0.29, 0.717) is 6.42 Å². The second-order valence-electron chi connectivity index (χ2n) is 12.8. The molecule has 0 aromatic carbocycles. The minimum Gasteiger partial charge on any atom is -0.350 e. The molecular formula is C25H34F3N5O4. The molecular weight excluding hydrogens is 491 g/mol. The summed E-state index contributed by atoms with van der Waals surface area (Å²) in [6.07, 6.45) is -2.62. The van der Waals surface area contributed by atoms with Gasteiger partial charge < -0.3 is 20.9 Å². The van der Waals surface area contributed by atoms with Gasteiger partial charge in [-0.3, -0.25) is 19.2 Å². The van der Waals surface area contributed by atoms with Gasteiger partial charge in [-0.15, -0.1) is 0 Å². The predicted octanol–water partition coefficient (Wildman–Crippen LogP) is 1.63. The molecule has 2 heterocycles. The van der Waals surface area contributed by atoms with Gasteiger partial charge in [0.05, 0.1) is 6.07 Å². The highest BCUT2D eigenvalue weighted by atomic mass is 19.4. The molecule has 2 saturated carbocycles. The number of likely N-dealkylation sites (tertiary alicyclic amines) is 1. The fourth-order valence-electron chi connectivity index (χ4n) is 6.18. The Kier molecular flexibility index (Phi) is 6.32. The van der Waals surface area contributed by atoms with Crippen LogP contribution in [0.15, 0.2) is 0 Å². The van der Waals surface area contributed by atoms with Crippen LogP contribution in [0.25, 0.3) is 0 Å². The first kappa shape index (κ1) is 27.2. The first-order valence-corrected chi connectivity index (χ1v) is 12.6.